The summed E-state index contributed by atoms with van der Waals surface area (Å²) < 4.78 is 5.19. The Morgan fingerprint density at radius 3 is 2.79 bits per heavy atom. The van der Waals surface area contributed by atoms with Gasteiger partial charge in [0, 0.05) is 18.6 Å². The quantitative estimate of drug-likeness (QED) is 0.831. The molecule has 0 unspecified atom stereocenters. The predicted octanol–water partition coefficient (Wildman–Crippen LogP) is 1.78. The highest BCUT2D eigenvalue weighted by Crippen LogP contribution is 2.30. The van der Waals surface area contributed by atoms with Crippen molar-refractivity contribution in [1.29, 1.82) is 0 Å². The molecule has 0 aliphatic carbocycles. The molecule has 0 saturated carbocycles. The third-order valence-corrected chi connectivity index (χ3v) is 2.22. The van der Waals surface area contributed by atoms with E-state index in [0.29, 0.717) is 11.6 Å². The van der Waals surface area contributed by atoms with Crippen LogP contribution in [-0.4, -0.2) is 32.4 Å². The molecule has 1 rings (SSSR count). The van der Waals surface area contributed by atoms with Gasteiger partial charge in [-0.3, -0.25) is 0 Å². The van der Waals surface area contributed by atoms with Crippen molar-refractivity contribution in [3.05, 3.63) is 23.2 Å². The number of aliphatic hydroxyl groups is 1. The van der Waals surface area contributed by atoms with Crippen LogP contribution in [0.1, 0.15) is 0 Å². The molecule has 0 heterocycles. The third-order valence-electron chi connectivity index (χ3n) is 1.99. The molecular formula is C10H14ClNO2. The van der Waals surface area contributed by atoms with Gasteiger partial charge in [0.2, 0.25) is 0 Å². The molecule has 0 spiro atoms. The maximum absolute atomic E-state index is 8.82. The summed E-state index contributed by atoms with van der Waals surface area (Å²) >= 11 is 5.87. The van der Waals surface area contributed by atoms with Crippen LogP contribution in [0.5, 0.6) is 5.75 Å². The van der Waals surface area contributed by atoms with E-state index in [4.69, 9.17) is 21.4 Å². The first kappa shape index (κ1) is 11.1. The summed E-state index contributed by atoms with van der Waals surface area (Å²) in [6.45, 7) is 0.656. The summed E-state index contributed by atoms with van der Waals surface area (Å²) in [6.07, 6.45) is 0. The van der Waals surface area contributed by atoms with E-state index in [0.717, 1.165) is 11.4 Å². The summed E-state index contributed by atoms with van der Waals surface area (Å²) in [5.74, 6) is 0.755. The van der Waals surface area contributed by atoms with Gasteiger partial charge in [0.25, 0.3) is 0 Å². The van der Waals surface area contributed by atoms with Gasteiger partial charge >= 0.3 is 0 Å². The van der Waals surface area contributed by atoms with Crippen molar-refractivity contribution in [2.45, 2.75) is 0 Å². The fourth-order valence-electron chi connectivity index (χ4n) is 1.23. The van der Waals surface area contributed by atoms with Crippen LogP contribution >= 0.6 is 11.6 Å². The second-order valence-corrected chi connectivity index (χ2v) is 3.40. The van der Waals surface area contributed by atoms with Crippen LogP contribution in [0.15, 0.2) is 18.2 Å². The van der Waals surface area contributed by atoms with Crippen LogP contribution in [0.3, 0.4) is 0 Å². The Kier molecular flexibility index (Phi) is 4.04. The first-order valence-electron chi connectivity index (χ1n) is 4.34. The van der Waals surface area contributed by atoms with E-state index in [1.165, 1.54) is 0 Å². The summed E-state index contributed by atoms with van der Waals surface area (Å²) in [4.78, 5) is 1.89. The second-order valence-electron chi connectivity index (χ2n) is 2.96. The number of benzene rings is 1. The molecule has 78 valence electrons. The minimum Gasteiger partial charge on any atom is -0.495 e. The summed E-state index contributed by atoms with van der Waals surface area (Å²) in [5, 5.41) is 9.47. The molecule has 1 N–H and O–H groups in total. The van der Waals surface area contributed by atoms with Gasteiger partial charge in [0.1, 0.15) is 5.75 Å². The highest BCUT2D eigenvalue weighted by atomic mass is 35.5. The van der Waals surface area contributed by atoms with E-state index in [-0.39, 0.29) is 6.61 Å². The zero-order valence-corrected chi connectivity index (χ0v) is 9.08. The van der Waals surface area contributed by atoms with Crippen molar-refractivity contribution in [1.82, 2.24) is 0 Å². The number of anilines is 1. The molecule has 14 heavy (non-hydrogen) atoms. The average Bonchev–Trinajstić information content (AvgIpc) is 2.18. The molecule has 0 aromatic heterocycles. The number of hydrogen-bond acceptors (Lipinski definition) is 3. The van der Waals surface area contributed by atoms with E-state index in [2.05, 4.69) is 0 Å². The molecular weight excluding hydrogens is 202 g/mol. The van der Waals surface area contributed by atoms with Crippen LogP contribution in [0, 0.1) is 0 Å². The van der Waals surface area contributed by atoms with Gasteiger partial charge in [0.15, 0.2) is 0 Å². The maximum Gasteiger partial charge on any atom is 0.142 e. The molecule has 3 nitrogen and oxygen atoms in total. The average molecular weight is 216 g/mol. The molecule has 0 aliphatic heterocycles. The summed E-state index contributed by atoms with van der Waals surface area (Å²) in [5.41, 5.74) is 0.883. The highest BCUT2D eigenvalue weighted by molar-refractivity contribution is 6.30. The van der Waals surface area contributed by atoms with Crippen LogP contribution in [0.2, 0.25) is 5.02 Å². The van der Waals surface area contributed by atoms with Crippen molar-refractivity contribution in [3.8, 4) is 5.75 Å². The van der Waals surface area contributed by atoms with Gasteiger partial charge in [-0.1, -0.05) is 11.6 Å². The first-order valence-corrected chi connectivity index (χ1v) is 4.72. The molecule has 1 aromatic rings. The van der Waals surface area contributed by atoms with Crippen molar-refractivity contribution < 1.29 is 9.84 Å². The number of rotatable bonds is 4. The smallest absolute Gasteiger partial charge is 0.142 e. The lowest BCUT2D eigenvalue weighted by Gasteiger charge is -2.20. The van der Waals surface area contributed by atoms with Gasteiger partial charge in [-0.15, -0.1) is 0 Å². The maximum atomic E-state index is 8.82. The Hall–Kier alpha value is -0.930. The zero-order chi connectivity index (χ0) is 10.6. The Bertz CT molecular complexity index is 304. The largest absolute Gasteiger partial charge is 0.495 e. The number of aliphatic hydroxyl groups excluding tert-OH is 1. The van der Waals surface area contributed by atoms with E-state index < -0.39 is 0 Å². The zero-order valence-electron chi connectivity index (χ0n) is 8.33. The summed E-state index contributed by atoms with van der Waals surface area (Å²) in [7, 11) is 3.49. The number of nitrogens with zero attached hydrogens (tertiary/aromatic N) is 1. The third kappa shape index (κ3) is 2.53. The molecule has 0 amide bonds. The molecule has 0 radical (unpaired) electrons. The van der Waals surface area contributed by atoms with Crippen molar-refractivity contribution >= 4 is 17.3 Å². The van der Waals surface area contributed by atoms with Gasteiger partial charge in [-0.2, -0.15) is 0 Å². The predicted molar refractivity (Wildman–Crippen MR) is 58.4 cm³/mol. The molecule has 4 heteroatoms. The van der Waals surface area contributed by atoms with Crippen molar-refractivity contribution in [3.63, 3.8) is 0 Å². The molecule has 0 aliphatic rings. The SMILES string of the molecule is COc1ccc(Cl)cc1N(C)CCO. The molecule has 0 bridgehead atoms. The minimum atomic E-state index is 0.103. The van der Waals surface area contributed by atoms with E-state index in [9.17, 15) is 0 Å². The lowest BCUT2D eigenvalue weighted by atomic mass is 10.2. The normalized spacial score (nSPS) is 10.0. The number of methoxy groups -OCH3 is 1. The van der Waals surface area contributed by atoms with Gasteiger partial charge in [-0.05, 0) is 18.2 Å². The Morgan fingerprint density at radius 2 is 2.21 bits per heavy atom. The number of likely N-dealkylation sites (N-methyl/N-ethyl adjacent to an activating group) is 1. The Balaban J connectivity index is 2.97. The number of hydrogen-bond donors (Lipinski definition) is 1. The highest BCUT2D eigenvalue weighted by Gasteiger charge is 2.07. The standard InChI is InChI=1S/C10H14ClNO2/c1-12(5-6-13)9-7-8(11)3-4-10(9)14-2/h3-4,7,13H,5-6H2,1-2H3. The van der Waals surface area contributed by atoms with Gasteiger partial charge < -0.3 is 14.7 Å². The van der Waals surface area contributed by atoms with E-state index in [1.54, 1.807) is 13.2 Å². The first-order chi connectivity index (χ1) is 6.69. The Morgan fingerprint density at radius 1 is 1.50 bits per heavy atom. The molecule has 0 saturated heterocycles. The monoisotopic (exact) mass is 215 g/mol. The number of ether oxygens (including phenoxy) is 1. The Labute approximate surface area is 88.9 Å². The lowest BCUT2D eigenvalue weighted by molar-refractivity contribution is 0.303. The van der Waals surface area contributed by atoms with Crippen LogP contribution in [0.25, 0.3) is 0 Å². The van der Waals surface area contributed by atoms with Crippen LogP contribution in [0.4, 0.5) is 5.69 Å². The lowest BCUT2D eigenvalue weighted by Crippen LogP contribution is -2.21. The minimum absolute atomic E-state index is 0.103. The van der Waals surface area contributed by atoms with E-state index >= 15 is 0 Å². The fourth-order valence-corrected chi connectivity index (χ4v) is 1.40. The topological polar surface area (TPSA) is 32.7 Å². The van der Waals surface area contributed by atoms with Crippen LogP contribution in [-0.2, 0) is 0 Å². The molecule has 0 atom stereocenters. The molecule has 1 aromatic carbocycles. The van der Waals surface area contributed by atoms with E-state index in [1.807, 2.05) is 24.1 Å². The van der Waals surface area contributed by atoms with Crippen molar-refractivity contribution in [2.24, 2.45) is 0 Å². The van der Waals surface area contributed by atoms with Gasteiger partial charge in [0.05, 0.1) is 19.4 Å². The number of halogens is 1. The van der Waals surface area contributed by atoms with Crippen molar-refractivity contribution in [2.75, 3.05) is 32.2 Å². The van der Waals surface area contributed by atoms with Crippen LogP contribution < -0.4 is 9.64 Å². The van der Waals surface area contributed by atoms with Gasteiger partial charge in [-0.25, -0.2) is 0 Å². The fraction of sp³-hybridized carbons (Fsp3) is 0.400. The molecule has 0 fully saturated rings. The summed E-state index contributed by atoms with van der Waals surface area (Å²) in [6, 6.07) is 5.40. The second kappa shape index (κ2) is 5.08.